The number of rotatable bonds is 2. The third kappa shape index (κ3) is 2.08. The molecule has 0 aliphatic heterocycles. The van der Waals surface area contributed by atoms with Gasteiger partial charge in [0.05, 0.1) is 5.69 Å². The monoisotopic (exact) mass is 201 g/mol. The first-order chi connectivity index (χ1) is 5.77. The lowest BCUT2D eigenvalue weighted by Crippen LogP contribution is -1.78. The SMILES string of the molecule is O=C=Nc1ccc(Cl)c(CCl)c1. The first-order valence-electron chi connectivity index (χ1n) is 3.20. The van der Waals surface area contributed by atoms with Gasteiger partial charge in [-0.2, -0.15) is 4.99 Å². The Kier molecular flexibility index (Phi) is 3.30. The Morgan fingerprint density at radius 2 is 2.25 bits per heavy atom. The van der Waals surface area contributed by atoms with Gasteiger partial charge in [-0.3, -0.25) is 0 Å². The average molecular weight is 202 g/mol. The zero-order chi connectivity index (χ0) is 8.97. The van der Waals surface area contributed by atoms with E-state index in [4.69, 9.17) is 23.2 Å². The van der Waals surface area contributed by atoms with Crippen LogP contribution in [-0.4, -0.2) is 6.08 Å². The lowest BCUT2D eigenvalue weighted by atomic mass is 10.2. The van der Waals surface area contributed by atoms with E-state index < -0.39 is 0 Å². The number of alkyl halides is 1. The van der Waals surface area contributed by atoms with Crippen LogP contribution in [0, 0.1) is 0 Å². The van der Waals surface area contributed by atoms with Crippen molar-refractivity contribution in [2.75, 3.05) is 0 Å². The zero-order valence-corrected chi connectivity index (χ0v) is 7.56. The summed E-state index contributed by atoms with van der Waals surface area (Å²) in [4.78, 5) is 13.3. The van der Waals surface area contributed by atoms with Crippen LogP contribution >= 0.6 is 23.2 Å². The van der Waals surface area contributed by atoms with Crippen molar-refractivity contribution < 1.29 is 4.79 Å². The van der Waals surface area contributed by atoms with Gasteiger partial charge in [0.25, 0.3) is 0 Å². The van der Waals surface area contributed by atoms with E-state index in [0.29, 0.717) is 16.6 Å². The number of hydrogen-bond acceptors (Lipinski definition) is 2. The second kappa shape index (κ2) is 4.27. The molecule has 1 aromatic rings. The van der Waals surface area contributed by atoms with Crippen molar-refractivity contribution in [1.29, 1.82) is 0 Å². The summed E-state index contributed by atoms with van der Waals surface area (Å²) in [6, 6.07) is 4.93. The maximum absolute atomic E-state index is 9.90. The van der Waals surface area contributed by atoms with Crippen molar-refractivity contribution in [2.45, 2.75) is 5.88 Å². The fourth-order valence-corrected chi connectivity index (χ4v) is 1.26. The molecule has 0 unspecified atom stereocenters. The van der Waals surface area contributed by atoms with Gasteiger partial charge >= 0.3 is 0 Å². The van der Waals surface area contributed by atoms with Crippen LogP contribution in [0.3, 0.4) is 0 Å². The maximum Gasteiger partial charge on any atom is 0.240 e. The molecule has 0 radical (unpaired) electrons. The predicted octanol–water partition coefficient (Wildman–Crippen LogP) is 3.05. The summed E-state index contributed by atoms with van der Waals surface area (Å²) in [7, 11) is 0. The Balaban J connectivity index is 3.13. The highest BCUT2D eigenvalue weighted by molar-refractivity contribution is 6.32. The van der Waals surface area contributed by atoms with E-state index in [9.17, 15) is 4.79 Å². The molecule has 0 N–H and O–H groups in total. The summed E-state index contributed by atoms with van der Waals surface area (Å²) in [6.45, 7) is 0. The molecule has 0 bridgehead atoms. The van der Waals surface area contributed by atoms with Crippen LogP contribution in [-0.2, 0) is 10.7 Å². The van der Waals surface area contributed by atoms with E-state index in [1.54, 1.807) is 18.2 Å². The summed E-state index contributed by atoms with van der Waals surface area (Å²) in [5, 5.41) is 0.579. The molecule has 0 saturated heterocycles. The molecule has 0 aromatic heterocycles. The fourth-order valence-electron chi connectivity index (χ4n) is 0.786. The number of aliphatic imine (C=N–C) groups is 1. The van der Waals surface area contributed by atoms with Gasteiger partial charge in [0, 0.05) is 10.9 Å². The summed E-state index contributed by atoms with van der Waals surface area (Å²) in [6.07, 6.45) is 1.44. The molecule has 0 aliphatic rings. The fraction of sp³-hybridized carbons (Fsp3) is 0.125. The highest BCUT2D eigenvalue weighted by atomic mass is 35.5. The van der Waals surface area contributed by atoms with Crippen molar-refractivity contribution in [2.24, 2.45) is 4.99 Å². The number of halogens is 2. The van der Waals surface area contributed by atoms with Gasteiger partial charge in [-0.15, -0.1) is 11.6 Å². The molecule has 0 fully saturated rings. The van der Waals surface area contributed by atoms with Crippen LogP contribution < -0.4 is 0 Å². The summed E-state index contributed by atoms with van der Waals surface area (Å²) >= 11 is 11.4. The molecular weight excluding hydrogens is 197 g/mol. The number of isocyanates is 1. The highest BCUT2D eigenvalue weighted by Gasteiger charge is 1.99. The summed E-state index contributed by atoms with van der Waals surface area (Å²) in [5.41, 5.74) is 1.28. The Bertz CT molecular complexity index is 332. The zero-order valence-electron chi connectivity index (χ0n) is 6.05. The van der Waals surface area contributed by atoms with E-state index >= 15 is 0 Å². The lowest BCUT2D eigenvalue weighted by molar-refractivity contribution is 0.565. The highest BCUT2D eigenvalue weighted by Crippen LogP contribution is 2.23. The average Bonchev–Trinajstić information content (AvgIpc) is 2.09. The summed E-state index contributed by atoms with van der Waals surface area (Å²) in [5.74, 6) is 0.307. The minimum atomic E-state index is 0.307. The maximum atomic E-state index is 9.90. The number of hydrogen-bond donors (Lipinski definition) is 0. The Morgan fingerprint density at radius 1 is 1.50 bits per heavy atom. The molecule has 0 aliphatic carbocycles. The normalized spacial score (nSPS) is 9.17. The number of carbonyl (C=O) groups excluding carboxylic acids is 1. The molecule has 1 rings (SSSR count). The number of nitrogens with zero attached hydrogens (tertiary/aromatic N) is 1. The van der Waals surface area contributed by atoms with Gasteiger partial charge in [0.1, 0.15) is 0 Å². The largest absolute Gasteiger partial charge is 0.240 e. The van der Waals surface area contributed by atoms with Gasteiger partial charge in [-0.1, -0.05) is 11.6 Å². The van der Waals surface area contributed by atoms with Crippen LogP contribution in [0.2, 0.25) is 5.02 Å². The first kappa shape index (κ1) is 9.27. The molecule has 4 heteroatoms. The molecule has 1 aromatic carbocycles. The van der Waals surface area contributed by atoms with Crippen LogP contribution in [0.25, 0.3) is 0 Å². The van der Waals surface area contributed by atoms with Crippen LogP contribution in [0.5, 0.6) is 0 Å². The van der Waals surface area contributed by atoms with E-state index in [2.05, 4.69) is 4.99 Å². The van der Waals surface area contributed by atoms with Crippen molar-refractivity contribution in [3.8, 4) is 0 Å². The van der Waals surface area contributed by atoms with E-state index in [1.807, 2.05) is 0 Å². The van der Waals surface area contributed by atoms with Crippen LogP contribution in [0.4, 0.5) is 5.69 Å². The molecule has 0 spiro atoms. The quantitative estimate of drug-likeness (QED) is 0.411. The molecule has 62 valence electrons. The van der Waals surface area contributed by atoms with Gasteiger partial charge in [0.2, 0.25) is 6.08 Å². The smallest absolute Gasteiger partial charge is 0.211 e. The van der Waals surface area contributed by atoms with Crippen molar-refractivity contribution >= 4 is 35.0 Å². The van der Waals surface area contributed by atoms with E-state index in [-0.39, 0.29) is 0 Å². The minimum Gasteiger partial charge on any atom is -0.211 e. The lowest BCUT2D eigenvalue weighted by Gasteiger charge is -1.98. The first-order valence-corrected chi connectivity index (χ1v) is 4.11. The standard InChI is InChI=1S/C8H5Cl2NO/c9-4-6-3-7(11-5-12)1-2-8(6)10/h1-3H,4H2. The molecular formula is C8H5Cl2NO. The third-order valence-corrected chi connectivity index (χ3v) is 2.00. The van der Waals surface area contributed by atoms with Crippen molar-refractivity contribution in [3.63, 3.8) is 0 Å². The van der Waals surface area contributed by atoms with Gasteiger partial charge in [-0.05, 0) is 23.8 Å². The summed E-state index contributed by atoms with van der Waals surface area (Å²) < 4.78 is 0. The Hall–Kier alpha value is -0.820. The van der Waals surface area contributed by atoms with E-state index in [0.717, 1.165) is 5.56 Å². The van der Waals surface area contributed by atoms with Crippen molar-refractivity contribution in [3.05, 3.63) is 28.8 Å². The molecule has 0 amide bonds. The molecule has 0 saturated carbocycles. The van der Waals surface area contributed by atoms with Gasteiger partial charge < -0.3 is 0 Å². The second-order valence-corrected chi connectivity index (χ2v) is 2.79. The Labute approximate surface area is 79.8 Å². The topological polar surface area (TPSA) is 29.4 Å². The molecule has 0 atom stereocenters. The van der Waals surface area contributed by atoms with Crippen LogP contribution in [0.15, 0.2) is 23.2 Å². The van der Waals surface area contributed by atoms with Crippen molar-refractivity contribution in [1.82, 2.24) is 0 Å². The minimum absolute atomic E-state index is 0.307. The number of benzene rings is 1. The Morgan fingerprint density at radius 3 is 2.83 bits per heavy atom. The van der Waals surface area contributed by atoms with E-state index in [1.165, 1.54) is 6.08 Å². The third-order valence-electron chi connectivity index (χ3n) is 1.35. The molecule has 2 nitrogen and oxygen atoms in total. The molecule has 0 heterocycles. The second-order valence-electron chi connectivity index (χ2n) is 2.11. The molecule has 12 heavy (non-hydrogen) atoms. The van der Waals surface area contributed by atoms with Gasteiger partial charge in [0.15, 0.2) is 0 Å². The van der Waals surface area contributed by atoms with Gasteiger partial charge in [-0.25, -0.2) is 4.79 Å². The predicted molar refractivity (Wildman–Crippen MR) is 48.8 cm³/mol. The van der Waals surface area contributed by atoms with Crippen LogP contribution in [0.1, 0.15) is 5.56 Å².